The van der Waals surface area contributed by atoms with Gasteiger partial charge in [0, 0.05) is 18.3 Å². The summed E-state index contributed by atoms with van der Waals surface area (Å²) < 4.78 is 11.6. The van der Waals surface area contributed by atoms with Crippen molar-refractivity contribution in [1.29, 1.82) is 0 Å². The van der Waals surface area contributed by atoms with Gasteiger partial charge in [0.05, 0.1) is 12.6 Å². The minimum atomic E-state index is -0.843. The lowest BCUT2D eigenvalue weighted by atomic mass is 10.00. The zero-order chi connectivity index (χ0) is 21.0. The van der Waals surface area contributed by atoms with E-state index in [0.717, 1.165) is 6.42 Å². The topological polar surface area (TPSA) is 86.4 Å². The van der Waals surface area contributed by atoms with Gasteiger partial charge in [-0.1, -0.05) is 35.5 Å². The van der Waals surface area contributed by atoms with E-state index in [2.05, 4.69) is 34.3 Å². The number of carbonyl (C=O) groups excluding carboxylic acids is 2. The normalized spacial score (nSPS) is 12.4. The van der Waals surface area contributed by atoms with Gasteiger partial charge in [-0.2, -0.15) is 0 Å². The van der Waals surface area contributed by atoms with E-state index < -0.39 is 11.5 Å². The van der Waals surface area contributed by atoms with Crippen LogP contribution in [0.4, 0.5) is 0 Å². The van der Waals surface area contributed by atoms with Crippen LogP contribution in [0.2, 0.25) is 0 Å². The lowest BCUT2D eigenvalue weighted by molar-refractivity contribution is 0.0554. The molecule has 3 aromatic rings. The second kappa shape index (κ2) is 8.34. The van der Waals surface area contributed by atoms with E-state index in [1.54, 1.807) is 19.9 Å². The Morgan fingerprint density at radius 2 is 1.93 bits per heavy atom. The van der Waals surface area contributed by atoms with Crippen molar-refractivity contribution < 1.29 is 18.8 Å². The van der Waals surface area contributed by atoms with E-state index >= 15 is 0 Å². The van der Waals surface area contributed by atoms with Crippen LogP contribution in [0.25, 0.3) is 0 Å². The summed E-state index contributed by atoms with van der Waals surface area (Å²) in [6, 6.07) is 15.4. The summed E-state index contributed by atoms with van der Waals surface area (Å²) in [5.41, 5.74) is 1.35. The Morgan fingerprint density at radius 3 is 2.62 bits per heavy atom. The van der Waals surface area contributed by atoms with Gasteiger partial charge >= 0.3 is 5.97 Å². The van der Waals surface area contributed by atoms with E-state index in [-0.39, 0.29) is 17.7 Å². The molecule has 0 bridgehead atoms. The molecule has 0 aliphatic carbocycles. The summed E-state index contributed by atoms with van der Waals surface area (Å²) in [7, 11) is 1.27. The van der Waals surface area contributed by atoms with Gasteiger partial charge in [-0.05, 0) is 44.9 Å². The molecule has 2 aromatic heterocycles. The summed E-state index contributed by atoms with van der Waals surface area (Å²) in [6.07, 6.45) is 2.71. The largest absolute Gasteiger partial charge is 0.463 e. The van der Waals surface area contributed by atoms with Crippen molar-refractivity contribution >= 4 is 11.9 Å². The molecule has 1 unspecified atom stereocenters. The average Bonchev–Trinajstić information content (AvgIpc) is 3.38. The molecule has 0 saturated heterocycles. The molecule has 0 fully saturated rings. The molecule has 7 heteroatoms. The Morgan fingerprint density at radius 1 is 1.21 bits per heavy atom. The summed E-state index contributed by atoms with van der Waals surface area (Å²) in [4.78, 5) is 24.6. The molecule has 0 saturated carbocycles. The molecule has 1 N–H and O–H groups in total. The number of methoxy groups -OCH3 is 1. The van der Waals surface area contributed by atoms with E-state index in [1.165, 1.54) is 18.7 Å². The smallest absolute Gasteiger partial charge is 0.376 e. The van der Waals surface area contributed by atoms with Crippen molar-refractivity contribution in [2.45, 2.75) is 38.8 Å². The molecule has 29 heavy (non-hydrogen) atoms. The molecule has 0 radical (unpaired) electrons. The second-order valence-electron chi connectivity index (χ2n) is 7.49. The molecule has 7 nitrogen and oxygen atoms in total. The Bertz CT molecular complexity index is 988. The molecule has 1 amide bonds. The quantitative estimate of drug-likeness (QED) is 0.616. The summed E-state index contributed by atoms with van der Waals surface area (Å²) in [5, 5.41) is 6.88. The Balaban J connectivity index is 1.75. The van der Waals surface area contributed by atoms with E-state index in [4.69, 9.17) is 4.52 Å². The minimum absolute atomic E-state index is 0.00955. The van der Waals surface area contributed by atoms with Crippen molar-refractivity contribution in [3.63, 3.8) is 0 Å². The van der Waals surface area contributed by atoms with Crippen LogP contribution in [0, 0.1) is 0 Å². The number of carbonyl (C=O) groups is 2. The first kappa shape index (κ1) is 20.4. The van der Waals surface area contributed by atoms with Crippen LogP contribution in [0.3, 0.4) is 0 Å². The van der Waals surface area contributed by atoms with Crippen molar-refractivity contribution in [3.8, 4) is 0 Å². The number of nitrogens with one attached hydrogen (secondary N) is 1. The zero-order valence-electron chi connectivity index (χ0n) is 17.0. The molecule has 3 rings (SSSR count). The lowest BCUT2D eigenvalue weighted by Crippen LogP contribution is -2.42. The van der Waals surface area contributed by atoms with Gasteiger partial charge in [0.1, 0.15) is 11.4 Å². The fourth-order valence-electron chi connectivity index (χ4n) is 3.20. The van der Waals surface area contributed by atoms with Crippen LogP contribution in [0.5, 0.6) is 0 Å². The monoisotopic (exact) mass is 395 g/mol. The van der Waals surface area contributed by atoms with Crippen molar-refractivity contribution in [1.82, 2.24) is 15.0 Å². The zero-order valence-corrected chi connectivity index (χ0v) is 17.0. The minimum Gasteiger partial charge on any atom is -0.463 e. The van der Waals surface area contributed by atoms with Gasteiger partial charge in [0.25, 0.3) is 5.91 Å². The number of rotatable bonds is 7. The molecule has 2 heterocycles. The molecular formula is C22H25N3O4. The van der Waals surface area contributed by atoms with Gasteiger partial charge < -0.3 is 19.1 Å². The molecule has 1 aromatic carbocycles. The maximum Gasteiger partial charge on any atom is 0.376 e. The van der Waals surface area contributed by atoms with Crippen LogP contribution < -0.4 is 5.32 Å². The SMILES string of the molecule is COC(=O)c1cc(C(C)(C)NC(=O)c2cccn2C(C)Cc2ccccc2)no1. The van der Waals surface area contributed by atoms with Crippen LogP contribution >= 0.6 is 0 Å². The number of esters is 1. The van der Waals surface area contributed by atoms with Gasteiger partial charge in [-0.25, -0.2) is 4.79 Å². The molecule has 152 valence electrons. The first-order valence-electron chi connectivity index (χ1n) is 9.40. The summed E-state index contributed by atoms with van der Waals surface area (Å²) >= 11 is 0. The van der Waals surface area contributed by atoms with Gasteiger partial charge in [-0.15, -0.1) is 0 Å². The highest BCUT2D eigenvalue weighted by atomic mass is 16.5. The third-order valence-electron chi connectivity index (χ3n) is 4.82. The molecule has 1 atom stereocenters. The molecular weight excluding hydrogens is 370 g/mol. The molecule has 0 aliphatic heterocycles. The van der Waals surface area contributed by atoms with Gasteiger partial charge in [0.2, 0.25) is 5.76 Å². The number of ether oxygens (including phenoxy) is 1. The fourth-order valence-corrected chi connectivity index (χ4v) is 3.20. The number of hydrogen-bond acceptors (Lipinski definition) is 5. The third-order valence-corrected chi connectivity index (χ3v) is 4.82. The van der Waals surface area contributed by atoms with E-state index in [0.29, 0.717) is 11.4 Å². The lowest BCUT2D eigenvalue weighted by Gasteiger charge is -2.25. The highest BCUT2D eigenvalue weighted by molar-refractivity contribution is 5.93. The van der Waals surface area contributed by atoms with Crippen molar-refractivity contribution in [2.75, 3.05) is 7.11 Å². The second-order valence-corrected chi connectivity index (χ2v) is 7.49. The van der Waals surface area contributed by atoms with Crippen LogP contribution in [0.1, 0.15) is 59.1 Å². The first-order chi connectivity index (χ1) is 13.8. The number of amides is 1. The van der Waals surface area contributed by atoms with Gasteiger partial charge in [0.15, 0.2) is 0 Å². The van der Waals surface area contributed by atoms with Crippen LogP contribution in [-0.4, -0.2) is 28.7 Å². The third kappa shape index (κ3) is 4.56. The first-order valence-corrected chi connectivity index (χ1v) is 9.40. The molecule has 0 aliphatic rings. The maximum absolute atomic E-state index is 13.0. The Hall–Kier alpha value is -3.35. The average molecular weight is 395 g/mol. The highest BCUT2D eigenvalue weighted by Gasteiger charge is 2.30. The number of hydrogen-bond donors (Lipinski definition) is 1. The Labute approximate surface area is 169 Å². The molecule has 0 spiro atoms. The standard InChI is InChI=1S/C22H25N3O4/c1-15(13-16-9-6-5-7-10-16)25-12-8-11-17(25)20(26)23-22(2,3)19-14-18(29-24-19)21(27)28-4/h5-12,14-15H,13H2,1-4H3,(H,23,26). The number of nitrogens with zero attached hydrogens (tertiary/aromatic N) is 2. The predicted molar refractivity (Wildman–Crippen MR) is 108 cm³/mol. The predicted octanol–water partition coefficient (Wildman–Crippen LogP) is 3.73. The van der Waals surface area contributed by atoms with Crippen LogP contribution in [-0.2, 0) is 16.7 Å². The maximum atomic E-state index is 13.0. The summed E-state index contributed by atoms with van der Waals surface area (Å²) in [5.74, 6) is -0.860. The van der Waals surface area contributed by atoms with E-state index in [1.807, 2.05) is 35.0 Å². The number of aromatic nitrogens is 2. The van der Waals surface area contributed by atoms with Gasteiger partial charge in [-0.3, -0.25) is 4.79 Å². The van der Waals surface area contributed by atoms with Crippen molar-refractivity contribution in [2.24, 2.45) is 0 Å². The number of benzene rings is 1. The van der Waals surface area contributed by atoms with Crippen LogP contribution in [0.15, 0.2) is 59.3 Å². The summed E-state index contributed by atoms with van der Waals surface area (Å²) in [6.45, 7) is 5.67. The Kier molecular flexibility index (Phi) is 5.87. The van der Waals surface area contributed by atoms with E-state index in [9.17, 15) is 9.59 Å². The van der Waals surface area contributed by atoms with Crippen molar-refractivity contribution in [3.05, 3.63) is 77.4 Å². The fraction of sp³-hybridized carbons (Fsp3) is 0.318. The highest BCUT2D eigenvalue weighted by Crippen LogP contribution is 2.22.